The van der Waals surface area contributed by atoms with Crippen molar-refractivity contribution in [2.45, 2.75) is 13.3 Å². The number of fused-ring (bicyclic) bond motifs is 1. The van der Waals surface area contributed by atoms with Crippen molar-refractivity contribution in [1.82, 2.24) is 4.98 Å². The highest BCUT2D eigenvalue weighted by atomic mass is 35.5. The molecule has 1 aromatic carbocycles. The van der Waals surface area contributed by atoms with Crippen LogP contribution in [0.5, 0.6) is 0 Å². The normalized spacial score (nSPS) is 11.3. The summed E-state index contributed by atoms with van der Waals surface area (Å²) in [5.41, 5.74) is 1.03. The molecule has 0 aliphatic heterocycles. The van der Waals surface area contributed by atoms with Crippen molar-refractivity contribution in [2.75, 3.05) is 12.1 Å². The van der Waals surface area contributed by atoms with E-state index in [9.17, 15) is 5.21 Å². The number of anilines is 1. The first-order valence-electron chi connectivity index (χ1n) is 5.57. The summed E-state index contributed by atoms with van der Waals surface area (Å²) in [5, 5.41) is 18.1. The number of hydrogen-bond donors (Lipinski definition) is 0. The first-order valence-corrected chi connectivity index (χ1v) is 5.95. The lowest BCUT2D eigenvalue weighted by atomic mass is 10.3. The summed E-state index contributed by atoms with van der Waals surface area (Å²) in [5.74, 6) is 0.490. The maximum absolute atomic E-state index is 11.9. The Kier molecular flexibility index (Phi) is 3.62. The van der Waals surface area contributed by atoms with Crippen LogP contribution in [-0.2, 0) is 0 Å². The largest absolute Gasteiger partial charge is 0.618 e. The molecule has 0 atom stereocenters. The van der Waals surface area contributed by atoms with E-state index in [1.165, 1.54) is 6.20 Å². The van der Waals surface area contributed by atoms with Gasteiger partial charge in [-0.25, -0.2) is 9.99 Å². The van der Waals surface area contributed by atoms with Crippen LogP contribution in [0.1, 0.15) is 13.3 Å². The zero-order valence-corrected chi connectivity index (χ0v) is 10.9. The highest BCUT2D eigenvalue weighted by molar-refractivity contribution is 6.31. The molecule has 0 saturated carbocycles. The van der Waals surface area contributed by atoms with Gasteiger partial charge in [0.25, 0.3) is 0 Å². The molecule has 1 heterocycles. The summed E-state index contributed by atoms with van der Waals surface area (Å²) in [6.45, 7) is 1.99. The van der Waals surface area contributed by atoms with E-state index in [1.54, 1.807) is 36.5 Å². The molecule has 94 valence electrons. The molecule has 0 fully saturated rings. The Labute approximate surface area is 110 Å². The molecule has 0 radical (unpaired) electrons. The third-order valence-corrected chi connectivity index (χ3v) is 2.65. The van der Waals surface area contributed by atoms with E-state index >= 15 is 0 Å². The fourth-order valence-electron chi connectivity index (χ4n) is 1.51. The molecule has 18 heavy (non-hydrogen) atoms. The minimum atomic E-state index is 0.444. The molecule has 1 aromatic heterocycles. The molecule has 0 spiro atoms. The SMILES string of the molecule is CC/C=N/N(C)c1c[n+]([O-])c2cc(Cl)ccc2n1. The van der Waals surface area contributed by atoms with Crippen molar-refractivity contribution in [2.24, 2.45) is 5.10 Å². The maximum Gasteiger partial charge on any atom is 0.244 e. The minimum Gasteiger partial charge on any atom is -0.618 e. The third kappa shape index (κ3) is 2.51. The molecule has 0 N–H and O–H groups in total. The van der Waals surface area contributed by atoms with Crippen LogP contribution in [0.15, 0.2) is 29.5 Å². The fourth-order valence-corrected chi connectivity index (χ4v) is 1.68. The first kappa shape index (κ1) is 12.6. The van der Waals surface area contributed by atoms with Crippen LogP contribution in [0.2, 0.25) is 5.02 Å². The summed E-state index contributed by atoms with van der Waals surface area (Å²) in [6, 6.07) is 5.01. The van der Waals surface area contributed by atoms with E-state index in [4.69, 9.17) is 11.6 Å². The molecule has 0 bridgehead atoms. The van der Waals surface area contributed by atoms with Gasteiger partial charge in [0.1, 0.15) is 5.52 Å². The van der Waals surface area contributed by atoms with Gasteiger partial charge in [0, 0.05) is 24.4 Å². The van der Waals surface area contributed by atoms with Gasteiger partial charge in [-0.3, -0.25) is 0 Å². The average molecular weight is 265 g/mol. The Hall–Kier alpha value is -1.88. The fraction of sp³-hybridized carbons (Fsp3) is 0.250. The number of hydrazone groups is 1. The molecular weight excluding hydrogens is 252 g/mol. The Bertz CT molecular complexity index is 600. The molecule has 0 saturated heterocycles. The number of halogens is 1. The molecule has 0 unspecified atom stereocenters. The van der Waals surface area contributed by atoms with E-state index in [2.05, 4.69) is 10.1 Å². The van der Waals surface area contributed by atoms with Gasteiger partial charge in [0.15, 0.2) is 0 Å². The summed E-state index contributed by atoms with van der Waals surface area (Å²) in [7, 11) is 1.75. The van der Waals surface area contributed by atoms with Gasteiger partial charge in [-0.2, -0.15) is 9.83 Å². The molecule has 6 heteroatoms. The van der Waals surface area contributed by atoms with Crippen molar-refractivity contribution in [3.05, 3.63) is 34.6 Å². The van der Waals surface area contributed by atoms with Crippen LogP contribution in [-0.4, -0.2) is 18.2 Å². The van der Waals surface area contributed by atoms with Crippen molar-refractivity contribution in [3.63, 3.8) is 0 Å². The lowest BCUT2D eigenvalue weighted by molar-refractivity contribution is -0.576. The number of benzene rings is 1. The van der Waals surface area contributed by atoms with Crippen LogP contribution in [0.25, 0.3) is 11.0 Å². The second-order valence-electron chi connectivity index (χ2n) is 3.79. The standard InChI is InChI=1S/C12H13ClN4O/c1-3-6-14-16(2)12-8-17(18)11-7-9(13)4-5-10(11)15-12/h4-8H,3H2,1-2H3/b14-6+. The number of aromatic nitrogens is 2. The van der Waals surface area contributed by atoms with E-state index < -0.39 is 0 Å². The topological polar surface area (TPSA) is 55.4 Å². The van der Waals surface area contributed by atoms with Gasteiger partial charge in [-0.1, -0.05) is 18.5 Å². The lowest BCUT2D eigenvalue weighted by Crippen LogP contribution is -2.29. The van der Waals surface area contributed by atoms with Gasteiger partial charge < -0.3 is 5.21 Å². The van der Waals surface area contributed by atoms with Crippen LogP contribution < -0.4 is 9.74 Å². The van der Waals surface area contributed by atoms with Gasteiger partial charge in [-0.05, 0) is 18.6 Å². The Morgan fingerprint density at radius 2 is 2.33 bits per heavy atom. The van der Waals surface area contributed by atoms with Crippen molar-refractivity contribution in [1.29, 1.82) is 0 Å². The van der Waals surface area contributed by atoms with Gasteiger partial charge in [0.2, 0.25) is 17.5 Å². The van der Waals surface area contributed by atoms with E-state index in [-0.39, 0.29) is 0 Å². The van der Waals surface area contributed by atoms with Crippen molar-refractivity contribution >= 4 is 34.7 Å². The van der Waals surface area contributed by atoms with E-state index in [0.717, 1.165) is 11.2 Å². The maximum atomic E-state index is 11.9. The second-order valence-corrected chi connectivity index (χ2v) is 4.22. The lowest BCUT2D eigenvalue weighted by Gasteiger charge is -2.11. The molecule has 5 nitrogen and oxygen atoms in total. The predicted molar refractivity (Wildman–Crippen MR) is 72.9 cm³/mol. The monoisotopic (exact) mass is 264 g/mol. The molecule has 2 aromatic rings. The van der Waals surface area contributed by atoms with Crippen molar-refractivity contribution in [3.8, 4) is 0 Å². The van der Waals surface area contributed by atoms with Crippen molar-refractivity contribution < 1.29 is 4.73 Å². The van der Waals surface area contributed by atoms with Crippen LogP contribution in [0, 0.1) is 5.21 Å². The summed E-state index contributed by atoms with van der Waals surface area (Å²) in [4.78, 5) is 4.36. The minimum absolute atomic E-state index is 0.444. The molecule has 0 aliphatic rings. The zero-order valence-electron chi connectivity index (χ0n) is 10.2. The molecule has 0 amide bonds. The number of hydrogen-bond acceptors (Lipinski definition) is 4. The van der Waals surface area contributed by atoms with E-state index in [1.807, 2.05) is 6.92 Å². The molecule has 2 rings (SSSR count). The molecule has 0 aliphatic carbocycles. The summed E-state index contributed by atoms with van der Waals surface area (Å²) < 4.78 is 0.752. The summed E-state index contributed by atoms with van der Waals surface area (Å²) in [6.07, 6.45) is 3.96. The predicted octanol–water partition coefficient (Wildman–Crippen LogP) is 2.35. The smallest absolute Gasteiger partial charge is 0.244 e. The Morgan fingerprint density at radius 1 is 1.56 bits per heavy atom. The van der Waals surface area contributed by atoms with Gasteiger partial charge >= 0.3 is 0 Å². The van der Waals surface area contributed by atoms with E-state index in [0.29, 0.717) is 21.9 Å². The van der Waals surface area contributed by atoms with Crippen LogP contribution >= 0.6 is 11.6 Å². The highest BCUT2D eigenvalue weighted by Gasteiger charge is 2.11. The second kappa shape index (κ2) is 5.18. The Balaban J connectivity index is 2.49. The average Bonchev–Trinajstić information content (AvgIpc) is 2.36. The highest BCUT2D eigenvalue weighted by Crippen LogP contribution is 2.17. The Morgan fingerprint density at radius 3 is 3.06 bits per heavy atom. The van der Waals surface area contributed by atoms with Crippen LogP contribution in [0.4, 0.5) is 5.82 Å². The van der Waals surface area contributed by atoms with Gasteiger partial charge in [0.05, 0.1) is 0 Å². The third-order valence-electron chi connectivity index (χ3n) is 2.41. The zero-order chi connectivity index (χ0) is 13.1. The first-order chi connectivity index (χ1) is 8.61. The van der Waals surface area contributed by atoms with Crippen LogP contribution in [0.3, 0.4) is 0 Å². The number of nitrogens with zero attached hydrogens (tertiary/aromatic N) is 4. The van der Waals surface area contributed by atoms with Gasteiger partial charge in [-0.15, -0.1) is 0 Å². The summed E-state index contributed by atoms with van der Waals surface area (Å²) >= 11 is 5.85. The number of rotatable bonds is 3. The molecular formula is C12H13ClN4O. The quantitative estimate of drug-likeness (QED) is 0.370.